The van der Waals surface area contributed by atoms with Gasteiger partial charge in [-0.3, -0.25) is 9.59 Å². The second kappa shape index (κ2) is 12.1. The van der Waals surface area contributed by atoms with Gasteiger partial charge in [-0.2, -0.15) is 0 Å². The number of cyclic esters (lactones) is 1. The summed E-state index contributed by atoms with van der Waals surface area (Å²) in [5, 5.41) is 0. The summed E-state index contributed by atoms with van der Waals surface area (Å²) in [5.41, 5.74) is -0.612. The molecule has 0 amide bonds. The summed E-state index contributed by atoms with van der Waals surface area (Å²) in [7, 11) is 0. The normalized spacial score (nSPS) is 25.4. The Kier molecular flexibility index (Phi) is 9.78. The van der Waals surface area contributed by atoms with Crippen LogP contribution in [0.5, 0.6) is 5.75 Å². The van der Waals surface area contributed by atoms with E-state index in [1.165, 1.54) is 0 Å². The first-order valence-corrected chi connectivity index (χ1v) is 11.0. The van der Waals surface area contributed by atoms with Gasteiger partial charge in [-0.1, -0.05) is 25.1 Å². The van der Waals surface area contributed by atoms with Crippen molar-refractivity contribution >= 4 is 11.9 Å². The second-order valence-corrected chi connectivity index (χ2v) is 8.80. The van der Waals surface area contributed by atoms with Gasteiger partial charge in [0.25, 0.3) is 0 Å². The topological polar surface area (TPSA) is 80.3 Å². The van der Waals surface area contributed by atoms with E-state index >= 15 is 0 Å². The smallest absolute Gasteiger partial charge is 0.310 e. The lowest BCUT2D eigenvalue weighted by atomic mass is 10.0. The summed E-state index contributed by atoms with van der Waals surface area (Å²) >= 11 is 0. The molecule has 31 heavy (non-hydrogen) atoms. The maximum atomic E-state index is 12.9. The Bertz CT molecular complexity index is 683. The van der Waals surface area contributed by atoms with E-state index in [1.54, 1.807) is 27.7 Å². The van der Waals surface area contributed by atoms with E-state index in [0.29, 0.717) is 32.0 Å². The molecule has 7 heteroatoms. The van der Waals surface area contributed by atoms with Gasteiger partial charge < -0.3 is 23.7 Å². The average Bonchev–Trinajstić information content (AvgIpc) is 2.69. The van der Waals surface area contributed by atoms with Crippen molar-refractivity contribution < 1.29 is 33.3 Å². The molecule has 174 valence electrons. The van der Waals surface area contributed by atoms with Crippen molar-refractivity contribution in [3.8, 4) is 5.75 Å². The maximum Gasteiger partial charge on any atom is 0.310 e. The van der Waals surface area contributed by atoms with E-state index in [2.05, 4.69) is 0 Å². The van der Waals surface area contributed by atoms with Crippen LogP contribution in [-0.2, 0) is 28.5 Å². The van der Waals surface area contributed by atoms with E-state index in [1.807, 2.05) is 37.3 Å². The number of para-hydroxylation sites is 1. The summed E-state index contributed by atoms with van der Waals surface area (Å²) in [6, 6.07) is 9.34. The summed E-state index contributed by atoms with van der Waals surface area (Å²) < 4.78 is 29.1. The minimum atomic E-state index is -0.636. The molecule has 1 aromatic carbocycles. The lowest BCUT2D eigenvalue weighted by Crippen LogP contribution is -2.48. The van der Waals surface area contributed by atoms with Crippen LogP contribution >= 0.6 is 0 Å². The van der Waals surface area contributed by atoms with Gasteiger partial charge in [0, 0.05) is 13.2 Å². The van der Waals surface area contributed by atoms with Crippen LogP contribution in [0.15, 0.2) is 30.3 Å². The lowest BCUT2D eigenvalue weighted by Gasteiger charge is -2.33. The Labute approximate surface area is 185 Å². The molecule has 0 aliphatic carbocycles. The van der Waals surface area contributed by atoms with Crippen LogP contribution in [-0.4, -0.2) is 55.7 Å². The third-order valence-corrected chi connectivity index (χ3v) is 4.74. The third kappa shape index (κ3) is 8.87. The predicted octanol–water partition coefficient (Wildman–Crippen LogP) is 3.93. The van der Waals surface area contributed by atoms with Gasteiger partial charge in [-0.05, 0) is 52.7 Å². The highest BCUT2D eigenvalue weighted by atomic mass is 16.6. The maximum absolute atomic E-state index is 12.9. The van der Waals surface area contributed by atoms with Gasteiger partial charge >= 0.3 is 11.9 Å². The average molecular weight is 437 g/mol. The molecule has 1 aliphatic rings. The zero-order chi connectivity index (χ0) is 22.9. The van der Waals surface area contributed by atoms with Crippen LogP contribution in [0.4, 0.5) is 0 Å². The van der Waals surface area contributed by atoms with E-state index in [-0.39, 0.29) is 6.42 Å². The van der Waals surface area contributed by atoms with Gasteiger partial charge in [-0.25, -0.2) is 0 Å². The number of ether oxygens (including phenoxy) is 5. The molecule has 0 bridgehead atoms. The van der Waals surface area contributed by atoms with Gasteiger partial charge in [0.15, 0.2) is 6.10 Å². The first-order chi connectivity index (χ1) is 14.7. The van der Waals surface area contributed by atoms with Crippen LogP contribution in [0.3, 0.4) is 0 Å². The summed E-state index contributed by atoms with van der Waals surface area (Å²) in [4.78, 5) is 25.1. The van der Waals surface area contributed by atoms with Gasteiger partial charge in [0.2, 0.25) is 0 Å². The van der Waals surface area contributed by atoms with Crippen molar-refractivity contribution in [1.29, 1.82) is 0 Å². The highest BCUT2D eigenvalue weighted by Gasteiger charge is 2.36. The highest BCUT2D eigenvalue weighted by Crippen LogP contribution is 2.23. The number of hydrogen-bond acceptors (Lipinski definition) is 7. The molecule has 1 saturated heterocycles. The Morgan fingerprint density at radius 2 is 1.90 bits per heavy atom. The van der Waals surface area contributed by atoms with Crippen LogP contribution in [0, 0.1) is 5.92 Å². The lowest BCUT2D eigenvalue weighted by molar-refractivity contribution is -0.174. The second-order valence-electron chi connectivity index (χ2n) is 8.80. The predicted molar refractivity (Wildman–Crippen MR) is 116 cm³/mol. The Morgan fingerprint density at radius 3 is 2.55 bits per heavy atom. The van der Waals surface area contributed by atoms with E-state index < -0.39 is 41.8 Å². The number of hydrogen-bond donors (Lipinski definition) is 0. The molecule has 0 radical (unpaired) electrons. The number of benzene rings is 1. The fraction of sp³-hybridized carbons (Fsp3) is 0.667. The molecule has 2 rings (SSSR count). The Morgan fingerprint density at radius 1 is 1.19 bits per heavy atom. The van der Waals surface area contributed by atoms with Gasteiger partial charge in [0.1, 0.15) is 23.6 Å². The molecular formula is C24H36O7. The Balaban J connectivity index is 2.14. The molecule has 1 heterocycles. The first kappa shape index (κ1) is 25.1. The van der Waals surface area contributed by atoms with E-state index in [9.17, 15) is 9.59 Å². The molecule has 0 spiro atoms. The largest absolute Gasteiger partial charge is 0.484 e. The zero-order valence-corrected chi connectivity index (χ0v) is 19.3. The quantitative estimate of drug-likeness (QED) is 0.599. The van der Waals surface area contributed by atoms with Crippen LogP contribution in [0.1, 0.15) is 53.9 Å². The van der Waals surface area contributed by atoms with Crippen LogP contribution in [0.25, 0.3) is 0 Å². The monoisotopic (exact) mass is 436 g/mol. The first-order valence-electron chi connectivity index (χ1n) is 11.0. The fourth-order valence-electron chi connectivity index (χ4n) is 3.30. The fourth-order valence-corrected chi connectivity index (χ4v) is 3.30. The number of carbonyl (C=O) groups excluding carboxylic acids is 2. The summed E-state index contributed by atoms with van der Waals surface area (Å²) in [5.74, 6) is -0.870. The molecule has 7 nitrogen and oxygen atoms in total. The zero-order valence-electron chi connectivity index (χ0n) is 19.3. The molecule has 0 saturated carbocycles. The highest BCUT2D eigenvalue weighted by molar-refractivity contribution is 5.80. The van der Waals surface area contributed by atoms with Crippen molar-refractivity contribution in [2.24, 2.45) is 5.92 Å². The summed E-state index contributed by atoms with van der Waals surface area (Å²) in [6.45, 7) is 10.3. The minimum absolute atomic E-state index is 0.0494. The van der Waals surface area contributed by atoms with Crippen molar-refractivity contribution in [2.45, 2.75) is 77.8 Å². The molecule has 0 unspecified atom stereocenters. The van der Waals surface area contributed by atoms with Gasteiger partial charge in [0.05, 0.1) is 18.9 Å². The van der Waals surface area contributed by atoms with Crippen molar-refractivity contribution in [1.82, 2.24) is 0 Å². The van der Waals surface area contributed by atoms with Crippen molar-refractivity contribution in [3.63, 3.8) is 0 Å². The molecular weight excluding hydrogens is 400 g/mol. The summed E-state index contributed by atoms with van der Waals surface area (Å²) in [6.07, 6.45) is -0.386. The molecule has 1 aliphatic heterocycles. The van der Waals surface area contributed by atoms with Crippen molar-refractivity contribution in [2.75, 3.05) is 19.8 Å². The number of esters is 2. The van der Waals surface area contributed by atoms with Crippen LogP contribution in [0.2, 0.25) is 0 Å². The molecule has 4 atom stereocenters. The third-order valence-electron chi connectivity index (χ3n) is 4.74. The minimum Gasteiger partial charge on any atom is -0.484 e. The molecule has 1 fully saturated rings. The van der Waals surface area contributed by atoms with Gasteiger partial charge in [-0.15, -0.1) is 0 Å². The van der Waals surface area contributed by atoms with Crippen molar-refractivity contribution in [3.05, 3.63) is 30.3 Å². The van der Waals surface area contributed by atoms with Crippen LogP contribution < -0.4 is 4.74 Å². The standard InChI is InChI=1S/C24H36O7/c1-6-13-28-20-16-27-14-12-18(15-21(25)31-24(3,4)5)23(26)29-17(2)22(20)30-19-10-8-7-9-11-19/h7-11,17-18,20,22H,6,12-16H2,1-5H3/t17-,18+,20-,22-/m0/s1. The number of carbonyl (C=O) groups is 2. The SMILES string of the molecule is CCCO[C@H]1COCC[C@H](CC(=O)OC(C)(C)C)C(=O)O[C@@H](C)[C@@H]1Oc1ccccc1. The molecule has 0 aromatic heterocycles. The van der Waals surface area contributed by atoms with E-state index in [4.69, 9.17) is 23.7 Å². The molecule has 0 N–H and O–H groups in total. The van der Waals surface area contributed by atoms with E-state index in [0.717, 1.165) is 6.42 Å². The Hall–Kier alpha value is -2.12. The number of rotatable bonds is 7. The molecule has 1 aromatic rings.